The SMILES string of the molecule is CC(C)CNCC(C)(C)Cn1c(CN(C)C2CCCc3cccnc32)nc2ccccc21. The molecule has 5 nitrogen and oxygen atoms in total. The summed E-state index contributed by atoms with van der Waals surface area (Å²) >= 11 is 0. The van der Waals surface area contributed by atoms with Crippen LogP contribution in [0.15, 0.2) is 42.6 Å². The van der Waals surface area contributed by atoms with Gasteiger partial charge in [-0.05, 0) is 68.0 Å². The number of hydrogen-bond donors (Lipinski definition) is 1. The second-order valence-electron chi connectivity index (χ2n) is 10.7. The van der Waals surface area contributed by atoms with Crippen LogP contribution in [0.2, 0.25) is 0 Å². The lowest BCUT2D eigenvalue weighted by Gasteiger charge is -2.33. The van der Waals surface area contributed by atoms with E-state index in [0.29, 0.717) is 12.0 Å². The summed E-state index contributed by atoms with van der Waals surface area (Å²) in [6, 6.07) is 13.2. The van der Waals surface area contributed by atoms with Crippen molar-refractivity contribution in [2.24, 2.45) is 11.3 Å². The molecule has 0 bridgehead atoms. The lowest BCUT2D eigenvalue weighted by Crippen LogP contribution is -2.36. The van der Waals surface area contributed by atoms with E-state index in [1.165, 1.54) is 23.2 Å². The van der Waals surface area contributed by atoms with Crippen molar-refractivity contribution in [3.8, 4) is 0 Å². The highest BCUT2D eigenvalue weighted by molar-refractivity contribution is 5.75. The fourth-order valence-electron chi connectivity index (χ4n) is 4.95. The monoisotopic (exact) mass is 433 g/mol. The van der Waals surface area contributed by atoms with Crippen molar-refractivity contribution in [2.75, 3.05) is 20.1 Å². The minimum Gasteiger partial charge on any atom is -0.326 e. The Kier molecular flexibility index (Phi) is 6.96. The van der Waals surface area contributed by atoms with Crippen LogP contribution in [0.5, 0.6) is 0 Å². The van der Waals surface area contributed by atoms with Crippen molar-refractivity contribution < 1.29 is 0 Å². The predicted molar refractivity (Wildman–Crippen MR) is 133 cm³/mol. The number of benzene rings is 1. The summed E-state index contributed by atoms with van der Waals surface area (Å²) in [5, 5.41) is 3.66. The molecule has 0 radical (unpaired) electrons. The Balaban J connectivity index is 1.58. The maximum Gasteiger partial charge on any atom is 0.124 e. The summed E-state index contributed by atoms with van der Waals surface area (Å²) in [7, 11) is 2.23. The van der Waals surface area contributed by atoms with Crippen LogP contribution >= 0.6 is 0 Å². The molecule has 2 aromatic heterocycles. The van der Waals surface area contributed by atoms with Gasteiger partial charge in [0.1, 0.15) is 5.82 Å². The smallest absolute Gasteiger partial charge is 0.124 e. The van der Waals surface area contributed by atoms with Crippen molar-refractivity contribution in [3.05, 3.63) is 59.7 Å². The number of pyridine rings is 1. The molecule has 4 rings (SSSR count). The Morgan fingerprint density at radius 1 is 1.19 bits per heavy atom. The molecular weight excluding hydrogens is 394 g/mol. The number of aromatic nitrogens is 3. The predicted octanol–water partition coefficient (Wildman–Crippen LogP) is 5.21. The summed E-state index contributed by atoms with van der Waals surface area (Å²) in [5.41, 5.74) is 5.10. The minimum atomic E-state index is 0.130. The van der Waals surface area contributed by atoms with E-state index in [1.54, 1.807) is 0 Å². The number of rotatable bonds is 9. The molecule has 1 atom stereocenters. The number of aryl methyl sites for hydroxylation is 1. The van der Waals surface area contributed by atoms with Crippen LogP contribution in [0.3, 0.4) is 0 Å². The minimum absolute atomic E-state index is 0.130. The van der Waals surface area contributed by atoms with E-state index >= 15 is 0 Å². The van der Waals surface area contributed by atoms with E-state index in [1.807, 2.05) is 6.20 Å². The first kappa shape index (κ1) is 22.9. The molecule has 1 aliphatic rings. The third-order valence-electron chi connectivity index (χ3n) is 6.56. The number of para-hydroxylation sites is 2. The average Bonchev–Trinajstić information content (AvgIpc) is 3.09. The molecule has 172 valence electrons. The van der Waals surface area contributed by atoms with E-state index in [2.05, 4.69) is 85.9 Å². The average molecular weight is 434 g/mol. The molecule has 5 heteroatoms. The van der Waals surface area contributed by atoms with E-state index < -0.39 is 0 Å². The van der Waals surface area contributed by atoms with Gasteiger partial charge >= 0.3 is 0 Å². The Morgan fingerprint density at radius 2 is 2.00 bits per heavy atom. The van der Waals surface area contributed by atoms with Gasteiger partial charge in [-0.25, -0.2) is 4.98 Å². The molecule has 2 heterocycles. The van der Waals surface area contributed by atoms with Gasteiger partial charge in [-0.2, -0.15) is 0 Å². The third-order valence-corrected chi connectivity index (χ3v) is 6.56. The topological polar surface area (TPSA) is 46.0 Å². The van der Waals surface area contributed by atoms with Gasteiger partial charge in [0.25, 0.3) is 0 Å². The molecule has 1 aliphatic carbocycles. The number of nitrogens with one attached hydrogen (secondary N) is 1. The van der Waals surface area contributed by atoms with Gasteiger partial charge in [0.2, 0.25) is 0 Å². The Labute approximate surface area is 193 Å². The fraction of sp³-hybridized carbons (Fsp3) is 0.556. The highest BCUT2D eigenvalue weighted by Crippen LogP contribution is 2.33. The zero-order valence-electron chi connectivity index (χ0n) is 20.4. The molecule has 0 spiro atoms. The first-order valence-electron chi connectivity index (χ1n) is 12.1. The highest BCUT2D eigenvalue weighted by Gasteiger charge is 2.27. The maximum absolute atomic E-state index is 5.08. The zero-order chi connectivity index (χ0) is 22.7. The molecule has 0 fully saturated rings. The molecule has 1 aromatic carbocycles. The van der Waals surface area contributed by atoms with Crippen molar-refractivity contribution in [2.45, 2.75) is 66.1 Å². The van der Waals surface area contributed by atoms with Crippen LogP contribution in [0.1, 0.15) is 63.7 Å². The summed E-state index contributed by atoms with van der Waals surface area (Å²) < 4.78 is 2.45. The molecule has 0 aliphatic heterocycles. The largest absolute Gasteiger partial charge is 0.326 e. The van der Waals surface area contributed by atoms with Crippen LogP contribution in [-0.4, -0.2) is 39.6 Å². The number of hydrogen-bond acceptors (Lipinski definition) is 4. The summed E-state index contributed by atoms with van der Waals surface area (Å²) in [6.07, 6.45) is 5.46. The summed E-state index contributed by atoms with van der Waals surface area (Å²) in [6.45, 7) is 13.0. The van der Waals surface area contributed by atoms with E-state index in [9.17, 15) is 0 Å². The molecule has 32 heavy (non-hydrogen) atoms. The number of fused-ring (bicyclic) bond motifs is 2. The number of imidazole rings is 1. The van der Waals surface area contributed by atoms with Gasteiger partial charge in [-0.3, -0.25) is 9.88 Å². The van der Waals surface area contributed by atoms with Gasteiger partial charge in [0.05, 0.1) is 29.3 Å². The summed E-state index contributed by atoms with van der Waals surface area (Å²) in [5.74, 6) is 1.81. The maximum atomic E-state index is 5.08. The van der Waals surface area contributed by atoms with Crippen LogP contribution in [0.25, 0.3) is 11.0 Å². The van der Waals surface area contributed by atoms with E-state index in [4.69, 9.17) is 9.97 Å². The zero-order valence-corrected chi connectivity index (χ0v) is 20.4. The van der Waals surface area contributed by atoms with Gasteiger partial charge in [-0.15, -0.1) is 0 Å². The first-order valence-corrected chi connectivity index (χ1v) is 12.1. The van der Waals surface area contributed by atoms with E-state index in [-0.39, 0.29) is 5.41 Å². The van der Waals surface area contributed by atoms with Gasteiger partial charge in [0, 0.05) is 19.3 Å². The standard InChI is InChI=1S/C27H39N5/c1-20(2)16-28-18-27(3,4)19-32-23-13-7-6-12-22(23)30-25(32)17-31(5)24-14-8-10-21-11-9-15-29-26(21)24/h6-7,9,11-13,15,20,24,28H,8,10,14,16-19H2,1-5H3. The molecule has 0 saturated heterocycles. The van der Waals surface area contributed by atoms with E-state index in [0.717, 1.165) is 50.4 Å². The Bertz CT molecular complexity index is 1040. The molecule has 1 unspecified atom stereocenters. The van der Waals surface area contributed by atoms with Crippen molar-refractivity contribution in [3.63, 3.8) is 0 Å². The Morgan fingerprint density at radius 3 is 2.81 bits per heavy atom. The summed E-state index contributed by atoms with van der Waals surface area (Å²) in [4.78, 5) is 12.3. The highest BCUT2D eigenvalue weighted by atomic mass is 15.2. The molecule has 0 saturated carbocycles. The normalized spacial score (nSPS) is 16.8. The fourth-order valence-corrected chi connectivity index (χ4v) is 4.95. The van der Waals surface area contributed by atoms with Crippen molar-refractivity contribution in [1.29, 1.82) is 0 Å². The van der Waals surface area contributed by atoms with Crippen LogP contribution < -0.4 is 5.32 Å². The molecule has 1 N–H and O–H groups in total. The van der Waals surface area contributed by atoms with Crippen molar-refractivity contribution >= 4 is 11.0 Å². The van der Waals surface area contributed by atoms with Crippen LogP contribution in [-0.2, 0) is 19.5 Å². The number of nitrogens with zero attached hydrogens (tertiary/aromatic N) is 4. The van der Waals surface area contributed by atoms with Gasteiger partial charge in [-0.1, -0.05) is 45.9 Å². The van der Waals surface area contributed by atoms with Crippen molar-refractivity contribution in [1.82, 2.24) is 24.8 Å². The second-order valence-corrected chi connectivity index (χ2v) is 10.7. The quantitative estimate of drug-likeness (QED) is 0.503. The second kappa shape index (κ2) is 9.72. The van der Waals surface area contributed by atoms with Crippen LogP contribution in [0.4, 0.5) is 0 Å². The van der Waals surface area contributed by atoms with Crippen LogP contribution in [0, 0.1) is 11.3 Å². The first-order chi connectivity index (χ1) is 15.3. The lowest BCUT2D eigenvalue weighted by atomic mass is 9.91. The molecule has 3 aromatic rings. The van der Waals surface area contributed by atoms with Gasteiger partial charge < -0.3 is 9.88 Å². The van der Waals surface area contributed by atoms with Gasteiger partial charge in [0.15, 0.2) is 0 Å². The third kappa shape index (κ3) is 5.21. The Hall–Kier alpha value is -2.24. The lowest BCUT2D eigenvalue weighted by molar-refractivity contribution is 0.197. The molecule has 0 amide bonds. The molecular formula is C27H39N5.